The Morgan fingerprint density at radius 1 is 1.00 bits per heavy atom. The fourth-order valence-corrected chi connectivity index (χ4v) is 4.48. The zero-order chi connectivity index (χ0) is 22.5. The van der Waals surface area contributed by atoms with Crippen molar-refractivity contribution < 1.29 is 9.50 Å². The summed E-state index contributed by atoms with van der Waals surface area (Å²) in [6, 6.07) is 17.0. The summed E-state index contributed by atoms with van der Waals surface area (Å²) < 4.78 is 17.9. The number of benzene rings is 2. The molecular formula is C25H21FN6O. The first kappa shape index (κ1) is 19.6. The number of fused-ring (bicyclic) bond motifs is 2. The van der Waals surface area contributed by atoms with Gasteiger partial charge in [0.05, 0.1) is 11.5 Å². The van der Waals surface area contributed by atoms with E-state index in [-0.39, 0.29) is 17.7 Å². The molecule has 164 valence electrons. The SMILES string of the molecule is Nc1ncnc2c1c(-c1ccc3ccc(Nc4ccccc4)nc3c1F)cn2C1CC(O)C1. The minimum absolute atomic E-state index is 0.0915. The van der Waals surface area contributed by atoms with Crippen molar-refractivity contribution in [2.45, 2.75) is 25.0 Å². The van der Waals surface area contributed by atoms with Crippen molar-refractivity contribution >= 4 is 39.3 Å². The first-order valence-corrected chi connectivity index (χ1v) is 10.8. The van der Waals surface area contributed by atoms with E-state index in [1.54, 1.807) is 6.07 Å². The van der Waals surface area contributed by atoms with E-state index in [1.165, 1.54) is 6.33 Å². The number of rotatable bonds is 4. The Kier molecular flexibility index (Phi) is 4.48. The molecule has 8 heteroatoms. The maximum atomic E-state index is 15.9. The molecule has 1 fully saturated rings. The predicted octanol–water partition coefficient (Wildman–Crippen LogP) is 4.81. The Labute approximate surface area is 188 Å². The Balaban J connectivity index is 1.49. The number of nitrogens with zero attached hydrogens (tertiary/aromatic N) is 4. The summed E-state index contributed by atoms with van der Waals surface area (Å²) in [5.74, 6) is 0.416. The number of nitrogen functional groups attached to an aromatic ring is 1. The monoisotopic (exact) mass is 440 g/mol. The van der Waals surface area contributed by atoms with E-state index in [0.29, 0.717) is 52.0 Å². The van der Waals surface area contributed by atoms with Gasteiger partial charge in [0, 0.05) is 34.4 Å². The third-order valence-electron chi connectivity index (χ3n) is 6.26. The molecule has 2 aromatic carbocycles. The standard InChI is InChI=1S/C25H21FN6O/c26-22-18(8-6-14-7-9-20(31-23(14)22)30-15-4-2-1-3-5-15)19-12-32(16-10-17(33)11-16)25-21(19)24(27)28-13-29-25/h1-9,12-13,16-17,33H,10-11H2,(H,30,31)(H2,27,28,29). The molecule has 33 heavy (non-hydrogen) atoms. The number of anilines is 3. The number of aliphatic hydroxyl groups excluding tert-OH is 1. The first-order chi connectivity index (χ1) is 16.1. The van der Waals surface area contributed by atoms with Crippen LogP contribution >= 0.6 is 0 Å². The summed E-state index contributed by atoms with van der Waals surface area (Å²) in [4.78, 5) is 13.1. The van der Waals surface area contributed by atoms with Gasteiger partial charge in [-0.25, -0.2) is 19.3 Å². The number of halogens is 1. The van der Waals surface area contributed by atoms with Gasteiger partial charge in [0.2, 0.25) is 0 Å². The van der Waals surface area contributed by atoms with Gasteiger partial charge in [-0.3, -0.25) is 0 Å². The molecule has 0 atom stereocenters. The third-order valence-corrected chi connectivity index (χ3v) is 6.26. The maximum absolute atomic E-state index is 15.9. The van der Waals surface area contributed by atoms with Gasteiger partial charge >= 0.3 is 0 Å². The van der Waals surface area contributed by atoms with Crippen molar-refractivity contribution in [3.05, 3.63) is 72.9 Å². The molecule has 0 saturated heterocycles. The highest BCUT2D eigenvalue weighted by atomic mass is 19.1. The zero-order valence-corrected chi connectivity index (χ0v) is 17.6. The number of para-hydroxylation sites is 1. The average molecular weight is 440 g/mol. The molecule has 1 aliphatic rings. The molecule has 7 nitrogen and oxygen atoms in total. The minimum atomic E-state index is -0.430. The van der Waals surface area contributed by atoms with Gasteiger partial charge in [-0.1, -0.05) is 30.3 Å². The average Bonchev–Trinajstić information content (AvgIpc) is 3.18. The van der Waals surface area contributed by atoms with Crippen molar-refractivity contribution in [1.29, 1.82) is 0 Å². The number of hydrogen-bond acceptors (Lipinski definition) is 6. The number of aliphatic hydroxyl groups is 1. The second-order valence-corrected chi connectivity index (χ2v) is 8.37. The normalized spacial score (nSPS) is 17.9. The van der Waals surface area contributed by atoms with Crippen LogP contribution in [0.2, 0.25) is 0 Å². The lowest BCUT2D eigenvalue weighted by molar-refractivity contribution is 0.0501. The topological polar surface area (TPSA) is 102 Å². The summed E-state index contributed by atoms with van der Waals surface area (Å²) in [6.07, 6.45) is 4.20. The lowest BCUT2D eigenvalue weighted by Crippen LogP contribution is -2.30. The predicted molar refractivity (Wildman–Crippen MR) is 127 cm³/mol. The van der Waals surface area contributed by atoms with Crippen molar-refractivity contribution in [3.8, 4) is 11.1 Å². The van der Waals surface area contributed by atoms with Crippen LogP contribution in [0.15, 0.2) is 67.1 Å². The fourth-order valence-electron chi connectivity index (χ4n) is 4.48. The Morgan fingerprint density at radius 2 is 1.79 bits per heavy atom. The Morgan fingerprint density at radius 3 is 2.58 bits per heavy atom. The van der Waals surface area contributed by atoms with Crippen LogP contribution in [-0.4, -0.2) is 30.7 Å². The van der Waals surface area contributed by atoms with Gasteiger partial charge in [0.25, 0.3) is 0 Å². The second-order valence-electron chi connectivity index (χ2n) is 8.37. The quantitative estimate of drug-likeness (QED) is 0.371. The maximum Gasteiger partial charge on any atom is 0.157 e. The summed E-state index contributed by atoms with van der Waals surface area (Å²) in [7, 11) is 0. The zero-order valence-electron chi connectivity index (χ0n) is 17.6. The third kappa shape index (κ3) is 3.27. The molecule has 1 aliphatic carbocycles. The molecule has 3 heterocycles. The second kappa shape index (κ2) is 7.53. The van der Waals surface area contributed by atoms with E-state index < -0.39 is 5.82 Å². The number of aromatic nitrogens is 4. The highest BCUT2D eigenvalue weighted by Crippen LogP contribution is 2.41. The number of nitrogens with two attached hydrogens (primary N) is 1. The number of pyridine rings is 1. The van der Waals surface area contributed by atoms with Crippen LogP contribution in [0.3, 0.4) is 0 Å². The van der Waals surface area contributed by atoms with E-state index in [9.17, 15) is 5.11 Å². The fraction of sp³-hybridized carbons (Fsp3) is 0.160. The minimum Gasteiger partial charge on any atom is -0.393 e. The van der Waals surface area contributed by atoms with E-state index in [2.05, 4.69) is 20.3 Å². The molecule has 3 aromatic heterocycles. The molecule has 1 saturated carbocycles. The molecule has 0 spiro atoms. The van der Waals surface area contributed by atoms with Crippen molar-refractivity contribution in [1.82, 2.24) is 19.5 Å². The van der Waals surface area contributed by atoms with Crippen LogP contribution in [-0.2, 0) is 0 Å². The smallest absolute Gasteiger partial charge is 0.157 e. The van der Waals surface area contributed by atoms with Crippen LogP contribution in [0.1, 0.15) is 18.9 Å². The Bertz CT molecular complexity index is 1490. The van der Waals surface area contributed by atoms with Gasteiger partial charge in [-0.2, -0.15) is 0 Å². The molecular weight excluding hydrogens is 419 g/mol. The van der Waals surface area contributed by atoms with E-state index in [4.69, 9.17) is 5.73 Å². The summed E-state index contributed by atoms with van der Waals surface area (Å²) in [5, 5.41) is 14.3. The van der Waals surface area contributed by atoms with Crippen LogP contribution in [0.25, 0.3) is 33.1 Å². The molecule has 5 aromatic rings. The van der Waals surface area contributed by atoms with Crippen LogP contribution in [0, 0.1) is 5.82 Å². The highest BCUT2D eigenvalue weighted by Gasteiger charge is 2.31. The van der Waals surface area contributed by atoms with Gasteiger partial charge in [0.1, 0.15) is 29.1 Å². The summed E-state index contributed by atoms with van der Waals surface area (Å²) >= 11 is 0. The Hall–Kier alpha value is -4.04. The van der Waals surface area contributed by atoms with Crippen LogP contribution in [0.4, 0.5) is 21.7 Å². The van der Waals surface area contributed by atoms with Gasteiger partial charge < -0.3 is 20.7 Å². The molecule has 0 amide bonds. The van der Waals surface area contributed by atoms with Gasteiger partial charge in [-0.15, -0.1) is 0 Å². The molecule has 0 bridgehead atoms. The highest BCUT2D eigenvalue weighted by molar-refractivity contribution is 6.02. The molecule has 0 radical (unpaired) electrons. The largest absolute Gasteiger partial charge is 0.393 e. The first-order valence-electron chi connectivity index (χ1n) is 10.8. The van der Waals surface area contributed by atoms with Crippen molar-refractivity contribution in [2.24, 2.45) is 0 Å². The number of hydrogen-bond donors (Lipinski definition) is 3. The molecule has 4 N–H and O–H groups in total. The van der Waals surface area contributed by atoms with Crippen molar-refractivity contribution in [2.75, 3.05) is 11.1 Å². The van der Waals surface area contributed by atoms with Crippen LogP contribution in [0.5, 0.6) is 0 Å². The lowest BCUT2D eigenvalue weighted by atomic mass is 9.89. The van der Waals surface area contributed by atoms with E-state index in [0.717, 1.165) is 5.69 Å². The van der Waals surface area contributed by atoms with Gasteiger partial charge in [-0.05, 0) is 37.1 Å². The molecule has 0 aliphatic heterocycles. The summed E-state index contributed by atoms with van der Waals surface area (Å²) in [6.45, 7) is 0. The van der Waals surface area contributed by atoms with Crippen LogP contribution < -0.4 is 11.1 Å². The molecule has 6 rings (SSSR count). The van der Waals surface area contributed by atoms with Crippen molar-refractivity contribution in [3.63, 3.8) is 0 Å². The van der Waals surface area contributed by atoms with E-state index >= 15 is 4.39 Å². The lowest BCUT2D eigenvalue weighted by Gasteiger charge is -2.32. The molecule has 0 unspecified atom stereocenters. The summed E-state index contributed by atoms with van der Waals surface area (Å²) in [5.41, 5.74) is 8.99. The van der Waals surface area contributed by atoms with E-state index in [1.807, 2.05) is 59.3 Å². The number of nitrogens with one attached hydrogen (secondary N) is 1. The van der Waals surface area contributed by atoms with Gasteiger partial charge in [0.15, 0.2) is 5.82 Å².